The average molecular weight is 450 g/mol. The van der Waals surface area contributed by atoms with Gasteiger partial charge < -0.3 is 10.2 Å². The molecule has 0 aromatic heterocycles. The summed E-state index contributed by atoms with van der Waals surface area (Å²) >= 11 is 0. The van der Waals surface area contributed by atoms with Crippen molar-refractivity contribution in [3.05, 3.63) is 0 Å². The molecule has 0 unspecified atom stereocenters. The third-order valence-electron chi connectivity index (χ3n) is 4.51. The van der Waals surface area contributed by atoms with E-state index in [9.17, 15) is 4.79 Å². The van der Waals surface area contributed by atoms with E-state index >= 15 is 0 Å². The zero-order valence-corrected chi connectivity index (χ0v) is 20.2. The minimum Gasteiger partial charge on any atom is -0.481 e. The molecule has 0 spiro atoms. The fourth-order valence-electron chi connectivity index (χ4n) is 2.81. The van der Waals surface area contributed by atoms with Gasteiger partial charge in [0.15, 0.2) is 0 Å². The number of hydrogen-bond donors (Lipinski definition) is 2. The normalized spacial score (nSPS) is 9.96. The number of rotatable bonds is 18. The van der Waals surface area contributed by atoms with Crippen molar-refractivity contribution >= 4 is 5.97 Å². The largest absolute Gasteiger partial charge is 0.481 e. The standard InChI is InChI=1S/C18H36O2.C4H10O.Zr/c1-2-3-4-5-6-7-8-9-10-11-12-13-14-15-16-17-18(19)20;1-2-3-4-5;/h2-17H2,1H3,(H,19,20);5H,2-4H2,1H3;. The van der Waals surface area contributed by atoms with E-state index < -0.39 is 5.97 Å². The first kappa shape index (κ1) is 31.0. The van der Waals surface area contributed by atoms with Crippen LogP contribution >= 0.6 is 0 Å². The average Bonchev–Trinajstić information content (AvgIpc) is 2.59. The van der Waals surface area contributed by atoms with E-state index in [0.29, 0.717) is 13.0 Å². The Labute approximate surface area is 182 Å². The Bertz CT molecular complexity index is 246. The summed E-state index contributed by atoms with van der Waals surface area (Å²) in [5, 5.41) is 16.6. The number of carboxylic acid groups (broad SMARTS) is 1. The van der Waals surface area contributed by atoms with Gasteiger partial charge in [0.2, 0.25) is 0 Å². The van der Waals surface area contributed by atoms with Gasteiger partial charge >= 0.3 is 5.97 Å². The molecule has 0 rings (SSSR count). The van der Waals surface area contributed by atoms with Crippen LogP contribution in [-0.2, 0) is 31.0 Å². The number of carbonyl (C=O) groups is 1. The molecule has 0 atom stereocenters. The van der Waals surface area contributed by atoms with Crippen LogP contribution in [0.5, 0.6) is 0 Å². The Balaban J connectivity index is -0.000000772. The van der Waals surface area contributed by atoms with E-state index in [-0.39, 0.29) is 26.2 Å². The molecule has 3 nitrogen and oxygen atoms in total. The minimum absolute atomic E-state index is 0. The maximum absolute atomic E-state index is 10.3. The summed E-state index contributed by atoms with van der Waals surface area (Å²) in [7, 11) is 0. The first-order chi connectivity index (χ1) is 12.2. The van der Waals surface area contributed by atoms with Crippen molar-refractivity contribution in [2.45, 2.75) is 129 Å². The summed E-state index contributed by atoms with van der Waals surface area (Å²) in [6.45, 7) is 4.67. The zero-order chi connectivity index (χ0) is 19.0. The minimum atomic E-state index is -0.653. The fraction of sp³-hybridized carbons (Fsp3) is 0.955. The predicted molar refractivity (Wildman–Crippen MR) is 109 cm³/mol. The molecule has 0 aromatic carbocycles. The van der Waals surface area contributed by atoms with E-state index in [1.165, 1.54) is 83.5 Å². The molecule has 0 aliphatic carbocycles. The summed E-state index contributed by atoms with van der Waals surface area (Å²) < 4.78 is 0. The van der Waals surface area contributed by atoms with Crippen molar-refractivity contribution in [1.82, 2.24) is 0 Å². The van der Waals surface area contributed by atoms with Gasteiger partial charge in [-0.05, 0) is 12.8 Å². The number of hydrogen-bond acceptors (Lipinski definition) is 2. The van der Waals surface area contributed by atoms with Gasteiger partial charge in [-0.3, -0.25) is 4.79 Å². The molecular formula is C22H46O3Zr. The molecule has 0 amide bonds. The van der Waals surface area contributed by atoms with Gasteiger partial charge in [0.05, 0.1) is 0 Å². The molecule has 4 heteroatoms. The summed E-state index contributed by atoms with van der Waals surface area (Å²) in [6.07, 6.45) is 22.2. The molecule has 0 aromatic rings. The fourth-order valence-corrected chi connectivity index (χ4v) is 2.81. The molecule has 0 heterocycles. The van der Waals surface area contributed by atoms with Crippen LogP contribution in [0, 0.1) is 0 Å². The number of unbranched alkanes of at least 4 members (excludes halogenated alkanes) is 15. The molecule has 2 N–H and O–H groups in total. The molecule has 156 valence electrons. The first-order valence-electron chi connectivity index (χ1n) is 11.0. The molecule has 0 bridgehead atoms. The van der Waals surface area contributed by atoms with Crippen LogP contribution in [0.4, 0.5) is 0 Å². The summed E-state index contributed by atoms with van der Waals surface area (Å²) in [6, 6.07) is 0. The third-order valence-corrected chi connectivity index (χ3v) is 4.51. The third kappa shape index (κ3) is 35.4. The molecule has 0 aliphatic rings. The molecule has 0 aliphatic heterocycles. The summed E-state index contributed by atoms with van der Waals surface area (Å²) in [5.74, 6) is -0.653. The second-order valence-corrected chi connectivity index (χ2v) is 7.17. The van der Waals surface area contributed by atoms with Gasteiger partial charge in [0.25, 0.3) is 0 Å². The van der Waals surface area contributed by atoms with Gasteiger partial charge in [-0.1, -0.05) is 110 Å². The van der Waals surface area contributed by atoms with Crippen molar-refractivity contribution in [2.24, 2.45) is 0 Å². The van der Waals surface area contributed by atoms with Crippen LogP contribution in [0.25, 0.3) is 0 Å². The van der Waals surface area contributed by atoms with Gasteiger partial charge in [-0.15, -0.1) is 0 Å². The van der Waals surface area contributed by atoms with Gasteiger partial charge in [-0.2, -0.15) is 0 Å². The summed E-state index contributed by atoms with van der Waals surface area (Å²) in [5.41, 5.74) is 0. The molecular weight excluding hydrogens is 403 g/mol. The van der Waals surface area contributed by atoms with E-state index in [0.717, 1.165) is 25.7 Å². The van der Waals surface area contributed by atoms with Crippen LogP contribution in [-0.4, -0.2) is 22.8 Å². The van der Waals surface area contributed by atoms with Gasteiger partial charge in [0.1, 0.15) is 0 Å². The molecule has 0 radical (unpaired) electrons. The van der Waals surface area contributed by atoms with Crippen molar-refractivity contribution in [2.75, 3.05) is 6.61 Å². The number of aliphatic hydroxyl groups excluding tert-OH is 1. The van der Waals surface area contributed by atoms with E-state index in [2.05, 4.69) is 13.8 Å². The van der Waals surface area contributed by atoms with Crippen molar-refractivity contribution in [3.8, 4) is 0 Å². The molecule has 26 heavy (non-hydrogen) atoms. The topological polar surface area (TPSA) is 57.5 Å². The molecule has 0 saturated heterocycles. The zero-order valence-electron chi connectivity index (χ0n) is 17.7. The molecule has 0 saturated carbocycles. The number of carboxylic acids is 1. The Kier molecular flexibility index (Phi) is 35.9. The first-order valence-corrected chi connectivity index (χ1v) is 11.0. The van der Waals surface area contributed by atoms with E-state index in [1.54, 1.807) is 0 Å². The van der Waals surface area contributed by atoms with E-state index in [1.807, 2.05) is 0 Å². The number of aliphatic hydroxyl groups is 1. The van der Waals surface area contributed by atoms with Crippen molar-refractivity contribution < 1.29 is 41.2 Å². The van der Waals surface area contributed by atoms with Gasteiger partial charge in [-0.25, -0.2) is 0 Å². The van der Waals surface area contributed by atoms with E-state index in [4.69, 9.17) is 10.2 Å². The van der Waals surface area contributed by atoms with Crippen LogP contribution in [0.1, 0.15) is 129 Å². The summed E-state index contributed by atoms with van der Waals surface area (Å²) in [4.78, 5) is 10.3. The molecule has 0 fully saturated rings. The maximum atomic E-state index is 10.3. The Morgan fingerprint density at radius 2 is 0.885 bits per heavy atom. The number of aliphatic carboxylic acids is 1. The predicted octanol–water partition coefficient (Wildman–Crippen LogP) is 7.11. The van der Waals surface area contributed by atoms with Crippen LogP contribution in [0.15, 0.2) is 0 Å². The SMILES string of the molecule is CCCCCCCCCCCCCCCCCC(=O)O.CCCCO.[Zr]. The quantitative estimate of drug-likeness (QED) is 0.219. The van der Waals surface area contributed by atoms with Crippen LogP contribution in [0.3, 0.4) is 0 Å². The Hall–Kier alpha value is 0.313. The second-order valence-electron chi connectivity index (χ2n) is 7.17. The van der Waals surface area contributed by atoms with Gasteiger partial charge in [0, 0.05) is 39.2 Å². The Morgan fingerprint density at radius 3 is 1.12 bits per heavy atom. The maximum Gasteiger partial charge on any atom is 0.303 e. The Morgan fingerprint density at radius 1 is 0.577 bits per heavy atom. The van der Waals surface area contributed by atoms with Crippen molar-refractivity contribution in [1.29, 1.82) is 0 Å². The smallest absolute Gasteiger partial charge is 0.303 e. The monoisotopic (exact) mass is 448 g/mol. The second kappa shape index (κ2) is 30.1. The van der Waals surface area contributed by atoms with Crippen LogP contribution in [0.2, 0.25) is 0 Å². The van der Waals surface area contributed by atoms with Crippen LogP contribution < -0.4 is 0 Å². The van der Waals surface area contributed by atoms with Crippen molar-refractivity contribution in [3.63, 3.8) is 0 Å².